The Morgan fingerprint density at radius 3 is 2.05 bits per heavy atom. The van der Waals surface area contributed by atoms with Crippen LogP contribution in [-0.2, 0) is 4.79 Å². The zero-order chi connectivity index (χ0) is 16.6. The van der Waals surface area contributed by atoms with E-state index < -0.39 is 5.97 Å². The van der Waals surface area contributed by atoms with E-state index in [1.807, 2.05) is 6.08 Å². The van der Waals surface area contributed by atoms with Crippen molar-refractivity contribution in [1.29, 1.82) is 0 Å². The van der Waals surface area contributed by atoms with Crippen molar-refractivity contribution < 1.29 is 9.90 Å². The first kappa shape index (κ1) is 17.5. The topological polar surface area (TPSA) is 40.5 Å². The summed E-state index contributed by atoms with van der Waals surface area (Å²) in [7, 11) is 0. The Bertz CT molecular complexity index is 415. The molecule has 0 unspecified atom stereocenters. The van der Waals surface area contributed by atoms with E-state index in [1.165, 1.54) is 19.3 Å². The second-order valence-electron chi connectivity index (χ2n) is 8.64. The zero-order valence-electron chi connectivity index (χ0n) is 14.8. The summed E-state index contributed by atoms with van der Waals surface area (Å²) in [5, 5.41) is 9.32. The first-order valence-corrected chi connectivity index (χ1v) is 8.79. The van der Waals surface area contributed by atoms with Gasteiger partial charge in [0.15, 0.2) is 0 Å². The fourth-order valence-electron chi connectivity index (χ4n) is 5.47. The normalized spacial score (nSPS) is 35.0. The van der Waals surface area contributed by atoms with Gasteiger partial charge in [-0.25, -0.2) is 0 Å². The highest BCUT2D eigenvalue weighted by Crippen LogP contribution is 2.50. The van der Waals surface area contributed by atoms with Crippen LogP contribution in [0, 0.1) is 5.92 Å². The van der Waals surface area contributed by atoms with Crippen molar-refractivity contribution in [3.8, 4) is 0 Å². The van der Waals surface area contributed by atoms with Crippen molar-refractivity contribution in [1.82, 2.24) is 4.90 Å². The second-order valence-corrected chi connectivity index (χ2v) is 8.64. The summed E-state index contributed by atoms with van der Waals surface area (Å²) in [6, 6.07) is 0. The van der Waals surface area contributed by atoms with Gasteiger partial charge in [0.05, 0.1) is 5.92 Å². The van der Waals surface area contributed by atoms with E-state index in [4.69, 9.17) is 0 Å². The van der Waals surface area contributed by atoms with Crippen molar-refractivity contribution >= 4 is 5.97 Å². The number of rotatable bonds is 4. The number of carboxylic acids is 1. The van der Waals surface area contributed by atoms with Crippen LogP contribution in [0.2, 0.25) is 0 Å². The summed E-state index contributed by atoms with van der Waals surface area (Å²) in [5.74, 6) is -0.779. The third-order valence-electron chi connectivity index (χ3n) is 6.05. The molecule has 1 heterocycles. The highest BCUT2D eigenvalue weighted by atomic mass is 16.4. The Morgan fingerprint density at radius 2 is 1.64 bits per heavy atom. The fourth-order valence-corrected chi connectivity index (χ4v) is 5.47. The van der Waals surface area contributed by atoms with Crippen LogP contribution in [0.1, 0.15) is 79.1 Å². The van der Waals surface area contributed by atoms with E-state index >= 15 is 0 Å². The van der Waals surface area contributed by atoms with Gasteiger partial charge in [-0.1, -0.05) is 6.08 Å². The molecule has 0 aromatic rings. The van der Waals surface area contributed by atoms with Gasteiger partial charge in [-0.2, -0.15) is 0 Å². The summed E-state index contributed by atoms with van der Waals surface area (Å²) >= 11 is 0. The molecule has 126 valence electrons. The van der Waals surface area contributed by atoms with E-state index in [0.717, 1.165) is 32.1 Å². The molecule has 1 saturated heterocycles. The van der Waals surface area contributed by atoms with Crippen molar-refractivity contribution in [2.75, 3.05) is 0 Å². The smallest absolute Gasteiger partial charge is 0.306 e. The Balaban J connectivity index is 2.34. The number of hydrogen-bond acceptors (Lipinski definition) is 2. The predicted molar refractivity (Wildman–Crippen MR) is 91.0 cm³/mol. The molecule has 1 N–H and O–H groups in total. The zero-order valence-corrected chi connectivity index (χ0v) is 14.8. The highest BCUT2D eigenvalue weighted by Gasteiger charge is 2.53. The Kier molecular flexibility index (Phi) is 4.77. The van der Waals surface area contributed by atoms with E-state index in [9.17, 15) is 9.90 Å². The lowest BCUT2D eigenvalue weighted by Gasteiger charge is -2.63. The second kappa shape index (κ2) is 5.99. The molecule has 2 rings (SSSR count). The average Bonchev–Trinajstić information content (AvgIpc) is 2.37. The van der Waals surface area contributed by atoms with Gasteiger partial charge in [0.25, 0.3) is 0 Å². The maximum absolute atomic E-state index is 11.3. The molecule has 1 saturated carbocycles. The van der Waals surface area contributed by atoms with Crippen molar-refractivity contribution in [2.45, 2.75) is 95.7 Å². The van der Waals surface area contributed by atoms with Crippen molar-refractivity contribution in [2.24, 2.45) is 5.92 Å². The molecule has 0 aromatic carbocycles. The minimum atomic E-state index is -0.621. The molecule has 0 atom stereocenters. The van der Waals surface area contributed by atoms with Crippen LogP contribution in [-0.4, -0.2) is 32.6 Å². The molecule has 0 amide bonds. The lowest BCUT2D eigenvalue weighted by molar-refractivity contribution is -0.149. The minimum absolute atomic E-state index is 0.0844. The van der Waals surface area contributed by atoms with Gasteiger partial charge in [-0.05, 0) is 79.1 Å². The summed E-state index contributed by atoms with van der Waals surface area (Å²) in [5.41, 5.74) is 0.419. The van der Waals surface area contributed by atoms with Crippen LogP contribution in [0.4, 0.5) is 0 Å². The Hall–Kier alpha value is -0.830. The molecule has 2 fully saturated rings. The lowest BCUT2D eigenvalue weighted by Crippen LogP contribution is -2.68. The third-order valence-corrected chi connectivity index (χ3v) is 6.05. The Labute approximate surface area is 135 Å². The molecule has 3 heteroatoms. The summed E-state index contributed by atoms with van der Waals surface area (Å²) in [6.45, 7) is 13.5. The lowest BCUT2D eigenvalue weighted by atomic mass is 9.67. The quantitative estimate of drug-likeness (QED) is 0.770. The van der Waals surface area contributed by atoms with E-state index in [-0.39, 0.29) is 22.5 Å². The van der Waals surface area contributed by atoms with Gasteiger partial charge in [-0.15, -0.1) is 6.58 Å². The molecule has 0 aromatic heterocycles. The number of piperidine rings is 1. The largest absolute Gasteiger partial charge is 0.481 e. The molecule has 0 spiro atoms. The molecule has 2 aliphatic rings. The molecular weight excluding hydrogens is 274 g/mol. The van der Waals surface area contributed by atoms with Gasteiger partial charge in [0, 0.05) is 16.6 Å². The molecule has 1 aliphatic carbocycles. The third kappa shape index (κ3) is 3.10. The number of likely N-dealkylation sites (tertiary alicyclic amines) is 1. The first-order chi connectivity index (χ1) is 10.1. The molecule has 3 nitrogen and oxygen atoms in total. The fraction of sp³-hybridized carbons (Fsp3) is 0.842. The van der Waals surface area contributed by atoms with Crippen LogP contribution in [0.25, 0.3) is 0 Å². The van der Waals surface area contributed by atoms with Crippen LogP contribution in [0.3, 0.4) is 0 Å². The average molecular weight is 307 g/mol. The number of carbonyl (C=O) groups is 1. The van der Waals surface area contributed by atoms with Gasteiger partial charge >= 0.3 is 5.97 Å². The van der Waals surface area contributed by atoms with Crippen LogP contribution >= 0.6 is 0 Å². The van der Waals surface area contributed by atoms with Crippen LogP contribution in [0.5, 0.6) is 0 Å². The summed E-state index contributed by atoms with van der Waals surface area (Å²) in [4.78, 5) is 14.1. The van der Waals surface area contributed by atoms with Crippen LogP contribution in [0.15, 0.2) is 12.7 Å². The maximum Gasteiger partial charge on any atom is 0.306 e. The maximum atomic E-state index is 11.3. The number of carboxylic acid groups (broad SMARTS) is 1. The molecule has 22 heavy (non-hydrogen) atoms. The van der Waals surface area contributed by atoms with E-state index in [1.54, 1.807) is 0 Å². The predicted octanol–water partition coefficient (Wildman–Crippen LogP) is 4.62. The number of hydrogen-bond donors (Lipinski definition) is 1. The monoisotopic (exact) mass is 307 g/mol. The first-order valence-electron chi connectivity index (χ1n) is 8.79. The Morgan fingerprint density at radius 1 is 1.14 bits per heavy atom. The minimum Gasteiger partial charge on any atom is -0.481 e. The SMILES string of the molecule is C=CCC1(N2C(C)(C)CCCC2(C)C)CCC(C(=O)O)CC1. The van der Waals surface area contributed by atoms with Crippen LogP contribution < -0.4 is 0 Å². The summed E-state index contributed by atoms with van der Waals surface area (Å²) in [6.07, 6.45) is 10.3. The van der Waals surface area contributed by atoms with Crippen molar-refractivity contribution in [3.63, 3.8) is 0 Å². The number of aliphatic carboxylic acids is 1. The van der Waals surface area contributed by atoms with E-state index in [0.29, 0.717) is 0 Å². The standard InChI is InChI=1S/C19H33NO2/c1-6-10-19(13-8-15(9-14-19)16(21)22)20-17(2,3)11-7-12-18(20,4)5/h6,15H,1,7-14H2,2-5H3,(H,21,22). The molecule has 0 radical (unpaired) electrons. The van der Waals surface area contributed by atoms with Gasteiger partial charge < -0.3 is 5.11 Å². The molecular formula is C19H33NO2. The van der Waals surface area contributed by atoms with E-state index in [2.05, 4.69) is 39.2 Å². The summed E-state index contributed by atoms with van der Waals surface area (Å²) < 4.78 is 0. The van der Waals surface area contributed by atoms with Gasteiger partial charge in [0.2, 0.25) is 0 Å². The van der Waals surface area contributed by atoms with Gasteiger partial charge in [0.1, 0.15) is 0 Å². The number of nitrogens with zero attached hydrogens (tertiary/aromatic N) is 1. The highest BCUT2D eigenvalue weighted by molar-refractivity contribution is 5.70. The van der Waals surface area contributed by atoms with Crippen molar-refractivity contribution in [3.05, 3.63) is 12.7 Å². The molecule has 1 aliphatic heterocycles. The van der Waals surface area contributed by atoms with Gasteiger partial charge in [-0.3, -0.25) is 9.69 Å². The molecule has 0 bridgehead atoms.